The molecule has 1 amide bonds. The molecule has 0 aromatic heterocycles. The normalized spacial score (nSPS) is 11.7. The van der Waals surface area contributed by atoms with E-state index in [0.717, 1.165) is 22.6 Å². The van der Waals surface area contributed by atoms with Crippen molar-refractivity contribution in [3.8, 4) is 0 Å². The second-order valence-corrected chi connectivity index (χ2v) is 6.32. The third-order valence-corrected chi connectivity index (χ3v) is 4.45. The zero-order valence-electron chi connectivity index (χ0n) is 13.7. The Bertz CT molecular complexity index is 783. The van der Waals surface area contributed by atoms with E-state index in [1.54, 1.807) is 0 Å². The van der Waals surface area contributed by atoms with Crippen LogP contribution in [0.1, 0.15) is 12.5 Å². The van der Waals surface area contributed by atoms with Crippen molar-refractivity contribution in [2.24, 2.45) is 0 Å². The van der Waals surface area contributed by atoms with Crippen molar-refractivity contribution in [2.45, 2.75) is 24.8 Å². The molecule has 0 aliphatic rings. The van der Waals surface area contributed by atoms with E-state index in [1.807, 2.05) is 31.2 Å². The van der Waals surface area contributed by atoms with Gasteiger partial charge in [0.2, 0.25) is 0 Å². The Hall–Kier alpha value is -2.41. The number of esters is 1. The average molecular weight is 365 g/mol. The lowest BCUT2D eigenvalue weighted by Gasteiger charge is -2.14. The van der Waals surface area contributed by atoms with Gasteiger partial charge in [-0.25, -0.2) is 8.78 Å². The van der Waals surface area contributed by atoms with Gasteiger partial charge in [-0.2, -0.15) is 0 Å². The minimum absolute atomic E-state index is 0.0631. The summed E-state index contributed by atoms with van der Waals surface area (Å²) in [6.45, 7) is 3.34. The molecule has 25 heavy (non-hydrogen) atoms. The van der Waals surface area contributed by atoms with E-state index in [1.165, 1.54) is 24.8 Å². The van der Waals surface area contributed by atoms with Gasteiger partial charge in [0.05, 0.1) is 5.75 Å². The minimum Gasteiger partial charge on any atom is -0.452 e. The Morgan fingerprint density at radius 1 is 1.16 bits per heavy atom. The van der Waals surface area contributed by atoms with Crippen molar-refractivity contribution in [2.75, 3.05) is 11.1 Å². The molecule has 0 saturated heterocycles. The SMILES string of the molecule is Cc1ccccc1SCC(=O)O[C@@H](C)C(=O)Nc1ccc(F)c(F)c1. The summed E-state index contributed by atoms with van der Waals surface area (Å²) in [5.74, 6) is -3.18. The molecule has 4 nitrogen and oxygen atoms in total. The fraction of sp³-hybridized carbons (Fsp3) is 0.222. The van der Waals surface area contributed by atoms with Crippen LogP contribution >= 0.6 is 11.8 Å². The molecular weight excluding hydrogens is 348 g/mol. The molecule has 2 aromatic carbocycles. The standard InChI is InChI=1S/C18H17F2NO3S/c1-11-5-3-4-6-16(11)25-10-17(22)24-12(2)18(23)21-13-7-8-14(19)15(20)9-13/h3-9,12H,10H2,1-2H3,(H,21,23)/t12-/m0/s1. The molecule has 0 radical (unpaired) electrons. The number of anilines is 1. The number of halogens is 2. The maximum absolute atomic E-state index is 13.1. The van der Waals surface area contributed by atoms with Crippen LogP contribution in [0.5, 0.6) is 0 Å². The summed E-state index contributed by atoms with van der Waals surface area (Å²) in [5, 5.41) is 2.37. The van der Waals surface area contributed by atoms with Gasteiger partial charge in [-0.15, -0.1) is 11.8 Å². The number of carbonyl (C=O) groups excluding carboxylic acids is 2. The molecule has 7 heteroatoms. The second-order valence-electron chi connectivity index (χ2n) is 5.30. The van der Waals surface area contributed by atoms with Crippen LogP contribution in [0.3, 0.4) is 0 Å². The van der Waals surface area contributed by atoms with Crippen molar-refractivity contribution >= 4 is 29.3 Å². The lowest BCUT2D eigenvalue weighted by atomic mass is 10.2. The number of amides is 1. The molecule has 0 bridgehead atoms. The predicted octanol–water partition coefficient (Wildman–Crippen LogP) is 3.94. The number of hydrogen-bond acceptors (Lipinski definition) is 4. The third kappa shape index (κ3) is 5.56. The molecule has 1 N–H and O–H groups in total. The molecule has 1 atom stereocenters. The van der Waals surface area contributed by atoms with E-state index in [9.17, 15) is 18.4 Å². The van der Waals surface area contributed by atoms with Crippen molar-refractivity contribution < 1.29 is 23.1 Å². The third-order valence-electron chi connectivity index (χ3n) is 3.30. The molecule has 0 aliphatic carbocycles. The summed E-state index contributed by atoms with van der Waals surface area (Å²) in [5.41, 5.74) is 1.13. The van der Waals surface area contributed by atoms with Crippen molar-refractivity contribution in [3.63, 3.8) is 0 Å². The first-order valence-electron chi connectivity index (χ1n) is 7.50. The maximum Gasteiger partial charge on any atom is 0.317 e. The van der Waals surface area contributed by atoms with Crippen LogP contribution in [0.15, 0.2) is 47.4 Å². The van der Waals surface area contributed by atoms with Crippen molar-refractivity contribution in [1.82, 2.24) is 0 Å². The van der Waals surface area contributed by atoms with Crippen LogP contribution in [-0.4, -0.2) is 23.7 Å². The van der Waals surface area contributed by atoms with Gasteiger partial charge in [0.1, 0.15) is 0 Å². The van der Waals surface area contributed by atoms with Gasteiger partial charge in [0, 0.05) is 16.6 Å². The van der Waals surface area contributed by atoms with Crippen LogP contribution in [-0.2, 0) is 14.3 Å². The molecule has 0 heterocycles. The van der Waals surface area contributed by atoms with E-state index in [-0.39, 0.29) is 11.4 Å². The summed E-state index contributed by atoms with van der Waals surface area (Å²) in [7, 11) is 0. The Morgan fingerprint density at radius 2 is 1.88 bits per heavy atom. The highest BCUT2D eigenvalue weighted by molar-refractivity contribution is 8.00. The minimum atomic E-state index is -1.07. The van der Waals surface area contributed by atoms with E-state index >= 15 is 0 Å². The molecule has 0 spiro atoms. The van der Waals surface area contributed by atoms with Gasteiger partial charge in [0.15, 0.2) is 17.7 Å². The summed E-state index contributed by atoms with van der Waals surface area (Å²) >= 11 is 1.32. The second kappa shape index (κ2) is 8.62. The molecular formula is C18H17F2NO3S. The zero-order valence-corrected chi connectivity index (χ0v) is 14.5. The molecule has 0 unspecified atom stereocenters. The number of benzene rings is 2. The van der Waals surface area contributed by atoms with Gasteiger partial charge >= 0.3 is 5.97 Å². The maximum atomic E-state index is 13.1. The van der Waals surface area contributed by atoms with Crippen LogP contribution < -0.4 is 5.32 Å². The van der Waals surface area contributed by atoms with E-state index in [0.29, 0.717) is 0 Å². The number of carbonyl (C=O) groups is 2. The first-order valence-corrected chi connectivity index (χ1v) is 8.49. The number of nitrogens with one attached hydrogen (secondary N) is 1. The van der Waals surface area contributed by atoms with Crippen molar-refractivity contribution in [1.29, 1.82) is 0 Å². The lowest BCUT2D eigenvalue weighted by molar-refractivity contribution is -0.150. The Morgan fingerprint density at radius 3 is 2.56 bits per heavy atom. The van der Waals surface area contributed by atoms with Gasteiger partial charge in [-0.3, -0.25) is 9.59 Å². The molecule has 2 rings (SSSR count). The van der Waals surface area contributed by atoms with Crippen LogP contribution in [0.25, 0.3) is 0 Å². The molecule has 132 valence electrons. The summed E-state index contributed by atoms with van der Waals surface area (Å²) < 4.78 is 31.0. The Balaban J connectivity index is 1.84. The fourth-order valence-corrected chi connectivity index (χ4v) is 2.77. The van der Waals surface area contributed by atoms with Gasteiger partial charge < -0.3 is 10.1 Å². The van der Waals surface area contributed by atoms with Crippen LogP contribution in [0.4, 0.5) is 14.5 Å². The average Bonchev–Trinajstić information content (AvgIpc) is 2.57. The number of hydrogen-bond donors (Lipinski definition) is 1. The topological polar surface area (TPSA) is 55.4 Å². The molecule has 0 fully saturated rings. The van der Waals surface area contributed by atoms with Gasteiger partial charge in [-0.05, 0) is 37.6 Å². The highest BCUT2D eigenvalue weighted by atomic mass is 32.2. The quantitative estimate of drug-likeness (QED) is 0.622. The van der Waals surface area contributed by atoms with E-state index in [2.05, 4.69) is 5.32 Å². The van der Waals surface area contributed by atoms with E-state index < -0.39 is 29.6 Å². The van der Waals surface area contributed by atoms with Crippen LogP contribution in [0, 0.1) is 18.6 Å². The Labute approximate surface area is 148 Å². The summed E-state index contributed by atoms with van der Waals surface area (Å²) in [6, 6.07) is 10.6. The van der Waals surface area contributed by atoms with Crippen LogP contribution in [0.2, 0.25) is 0 Å². The molecule has 2 aromatic rings. The summed E-state index contributed by atoms with van der Waals surface area (Å²) in [6.07, 6.45) is -1.06. The Kier molecular flexibility index (Phi) is 6.52. The highest BCUT2D eigenvalue weighted by Crippen LogP contribution is 2.22. The largest absolute Gasteiger partial charge is 0.452 e. The smallest absolute Gasteiger partial charge is 0.317 e. The molecule has 0 aliphatic heterocycles. The van der Waals surface area contributed by atoms with Gasteiger partial charge in [0.25, 0.3) is 5.91 Å². The highest BCUT2D eigenvalue weighted by Gasteiger charge is 2.18. The summed E-state index contributed by atoms with van der Waals surface area (Å²) in [4.78, 5) is 24.8. The number of thioether (sulfide) groups is 1. The fourth-order valence-electron chi connectivity index (χ4n) is 1.96. The van der Waals surface area contributed by atoms with Gasteiger partial charge in [-0.1, -0.05) is 18.2 Å². The lowest BCUT2D eigenvalue weighted by Crippen LogP contribution is -2.30. The first-order chi connectivity index (χ1) is 11.9. The number of aryl methyl sites for hydroxylation is 1. The predicted molar refractivity (Wildman–Crippen MR) is 92.4 cm³/mol. The van der Waals surface area contributed by atoms with E-state index in [4.69, 9.17) is 4.74 Å². The number of rotatable bonds is 6. The van der Waals surface area contributed by atoms with Crippen molar-refractivity contribution in [3.05, 3.63) is 59.7 Å². The zero-order chi connectivity index (χ0) is 18.4. The first kappa shape index (κ1) is 18.9. The number of ether oxygens (including phenoxy) is 1. The molecule has 0 saturated carbocycles. The monoisotopic (exact) mass is 365 g/mol.